The minimum absolute atomic E-state index is 0.211. The summed E-state index contributed by atoms with van der Waals surface area (Å²) in [4.78, 5) is 19.7. The monoisotopic (exact) mass is 366 g/mol. The second-order valence-electron chi connectivity index (χ2n) is 7.97. The van der Waals surface area contributed by atoms with Crippen LogP contribution < -0.4 is 0 Å². The summed E-state index contributed by atoms with van der Waals surface area (Å²) < 4.78 is 13.4. The SMILES string of the molecule is O=C(C1CCCC1)N1CCCC(c2cccc(Cc3cccc(F)c3)n2)C1. The molecule has 4 rings (SSSR count). The highest BCUT2D eigenvalue weighted by Crippen LogP contribution is 2.31. The van der Waals surface area contributed by atoms with Crippen molar-refractivity contribution in [1.29, 1.82) is 0 Å². The number of hydrogen-bond acceptors (Lipinski definition) is 2. The first-order valence-corrected chi connectivity index (χ1v) is 10.2. The molecule has 4 heteroatoms. The zero-order chi connectivity index (χ0) is 18.6. The topological polar surface area (TPSA) is 33.2 Å². The third kappa shape index (κ3) is 4.37. The van der Waals surface area contributed by atoms with E-state index in [4.69, 9.17) is 4.98 Å². The van der Waals surface area contributed by atoms with Crippen LogP contribution in [0.4, 0.5) is 4.39 Å². The second-order valence-corrected chi connectivity index (χ2v) is 7.97. The quantitative estimate of drug-likeness (QED) is 0.785. The fourth-order valence-corrected chi connectivity index (χ4v) is 4.53. The number of halogens is 1. The number of rotatable bonds is 4. The number of nitrogens with zero attached hydrogens (tertiary/aromatic N) is 2. The minimum Gasteiger partial charge on any atom is -0.342 e. The van der Waals surface area contributed by atoms with E-state index in [1.165, 1.54) is 18.9 Å². The van der Waals surface area contributed by atoms with Crippen LogP contribution in [0.2, 0.25) is 0 Å². The number of piperidine rings is 1. The highest BCUT2D eigenvalue weighted by atomic mass is 19.1. The largest absolute Gasteiger partial charge is 0.342 e. The highest BCUT2D eigenvalue weighted by molar-refractivity contribution is 5.79. The summed E-state index contributed by atoms with van der Waals surface area (Å²) in [5.41, 5.74) is 2.95. The van der Waals surface area contributed by atoms with Crippen LogP contribution in [0.15, 0.2) is 42.5 Å². The van der Waals surface area contributed by atoms with Crippen LogP contribution in [0.3, 0.4) is 0 Å². The third-order valence-corrected chi connectivity index (χ3v) is 5.96. The van der Waals surface area contributed by atoms with Crippen molar-refractivity contribution in [2.75, 3.05) is 13.1 Å². The van der Waals surface area contributed by atoms with E-state index >= 15 is 0 Å². The number of benzene rings is 1. The van der Waals surface area contributed by atoms with Gasteiger partial charge in [-0.25, -0.2) is 4.39 Å². The number of carbonyl (C=O) groups is 1. The lowest BCUT2D eigenvalue weighted by Gasteiger charge is -2.34. The molecular formula is C23H27FN2O. The summed E-state index contributed by atoms with van der Waals surface area (Å²) in [5.74, 6) is 0.692. The lowest BCUT2D eigenvalue weighted by molar-refractivity contribution is -0.136. The van der Waals surface area contributed by atoms with Crippen LogP contribution in [0.5, 0.6) is 0 Å². The molecule has 3 nitrogen and oxygen atoms in total. The van der Waals surface area contributed by atoms with Crippen molar-refractivity contribution in [2.45, 2.75) is 50.9 Å². The third-order valence-electron chi connectivity index (χ3n) is 5.96. The van der Waals surface area contributed by atoms with Gasteiger partial charge in [0.15, 0.2) is 0 Å². The number of pyridine rings is 1. The van der Waals surface area contributed by atoms with Gasteiger partial charge in [0.25, 0.3) is 0 Å². The van der Waals surface area contributed by atoms with E-state index in [2.05, 4.69) is 11.0 Å². The lowest BCUT2D eigenvalue weighted by atomic mass is 9.92. The molecule has 1 aliphatic heterocycles. The Kier molecular flexibility index (Phi) is 5.51. The summed E-state index contributed by atoms with van der Waals surface area (Å²) in [6.45, 7) is 1.67. The molecule has 2 fully saturated rings. The number of carbonyl (C=O) groups excluding carboxylic acids is 1. The van der Waals surface area contributed by atoms with Crippen molar-refractivity contribution in [1.82, 2.24) is 9.88 Å². The Morgan fingerprint density at radius 1 is 1.07 bits per heavy atom. The Labute approximate surface area is 160 Å². The van der Waals surface area contributed by atoms with E-state index in [-0.39, 0.29) is 11.7 Å². The van der Waals surface area contributed by atoms with Crippen molar-refractivity contribution in [3.63, 3.8) is 0 Å². The molecule has 1 unspecified atom stereocenters. The molecule has 1 aromatic heterocycles. The standard InChI is InChI=1S/C23H27FN2O/c24-20-10-3-6-17(14-20)15-21-11-4-12-22(25-21)19-9-5-13-26(16-19)23(27)18-7-1-2-8-18/h3-4,6,10-12,14,18-19H,1-2,5,7-9,13,15-16H2. The van der Waals surface area contributed by atoms with Gasteiger partial charge < -0.3 is 4.90 Å². The Morgan fingerprint density at radius 2 is 1.89 bits per heavy atom. The Balaban J connectivity index is 1.45. The molecule has 2 aliphatic rings. The number of hydrogen-bond donors (Lipinski definition) is 0. The first kappa shape index (κ1) is 18.1. The van der Waals surface area contributed by atoms with Gasteiger partial charge in [-0.15, -0.1) is 0 Å². The van der Waals surface area contributed by atoms with Crippen LogP contribution in [0, 0.1) is 11.7 Å². The molecule has 1 amide bonds. The zero-order valence-electron chi connectivity index (χ0n) is 15.7. The lowest BCUT2D eigenvalue weighted by Crippen LogP contribution is -2.42. The Bertz CT molecular complexity index is 800. The summed E-state index contributed by atoms with van der Waals surface area (Å²) in [6.07, 6.45) is 7.24. The van der Waals surface area contributed by atoms with E-state index in [1.807, 2.05) is 18.2 Å². The molecule has 2 heterocycles. The fraction of sp³-hybridized carbons (Fsp3) is 0.478. The molecule has 0 spiro atoms. The van der Waals surface area contributed by atoms with E-state index in [0.717, 1.165) is 55.7 Å². The van der Waals surface area contributed by atoms with E-state index in [0.29, 0.717) is 18.2 Å². The minimum atomic E-state index is -0.211. The number of amides is 1. The average molecular weight is 366 g/mol. The summed E-state index contributed by atoms with van der Waals surface area (Å²) in [6, 6.07) is 12.8. The molecule has 2 aromatic rings. The van der Waals surface area contributed by atoms with Gasteiger partial charge >= 0.3 is 0 Å². The molecule has 27 heavy (non-hydrogen) atoms. The Hall–Kier alpha value is -2.23. The zero-order valence-corrected chi connectivity index (χ0v) is 15.7. The predicted molar refractivity (Wildman–Crippen MR) is 104 cm³/mol. The van der Waals surface area contributed by atoms with Crippen molar-refractivity contribution >= 4 is 5.91 Å². The van der Waals surface area contributed by atoms with Crippen LogP contribution >= 0.6 is 0 Å². The number of aromatic nitrogens is 1. The molecule has 1 aliphatic carbocycles. The van der Waals surface area contributed by atoms with Gasteiger partial charge in [0.05, 0.1) is 0 Å². The van der Waals surface area contributed by atoms with Gasteiger partial charge in [-0.1, -0.05) is 31.0 Å². The Morgan fingerprint density at radius 3 is 2.70 bits per heavy atom. The van der Waals surface area contributed by atoms with Gasteiger partial charge in [0.2, 0.25) is 5.91 Å². The second kappa shape index (κ2) is 8.20. The van der Waals surface area contributed by atoms with Crippen LogP contribution in [-0.4, -0.2) is 28.9 Å². The molecule has 0 bridgehead atoms. The molecule has 142 valence electrons. The van der Waals surface area contributed by atoms with Gasteiger partial charge in [-0.3, -0.25) is 9.78 Å². The maximum Gasteiger partial charge on any atom is 0.225 e. The first-order valence-electron chi connectivity index (χ1n) is 10.2. The van der Waals surface area contributed by atoms with Crippen molar-refractivity contribution in [3.05, 3.63) is 65.2 Å². The highest BCUT2D eigenvalue weighted by Gasteiger charge is 2.31. The van der Waals surface area contributed by atoms with Crippen molar-refractivity contribution < 1.29 is 9.18 Å². The van der Waals surface area contributed by atoms with Gasteiger partial charge in [-0.05, 0) is 55.5 Å². The van der Waals surface area contributed by atoms with Crippen LogP contribution in [-0.2, 0) is 11.2 Å². The maximum absolute atomic E-state index is 13.4. The van der Waals surface area contributed by atoms with E-state index in [9.17, 15) is 9.18 Å². The van der Waals surface area contributed by atoms with Gasteiger partial charge in [0, 0.05) is 42.7 Å². The molecular weight excluding hydrogens is 339 g/mol. The summed E-state index contributed by atoms with van der Waals surface area (Å²) >= 11 is 0. The van der Waals surface area contributed by atoms with Crippen LogP contribution in [0.1, 0.15) is 61.4 Å². The fourth-order valence-electron chi connectivity index (χ4n) is 4.53. The maximum atomic E-state index is 13.4. The van der Waals surface area contributed by atoms with Crippen LogP contribution in [0.25, 0.3) is 0 Å². The number of likely N-dealkylation sites (tertiary alicyclic amines) is 1. The molecule has 1 aromatic carbocycles. The molecule has 1 saturated carbocycles. The van der Waals surface area contributed by atoms with E-state index < -0.39 is 0 Å². The molecule has 0 N–H and O–H groups in total. The van der Waals surface area contributed by atoms with Crippen molar-refractivity contribution in [3.8, 4) is 0 Å². The molecule has 0 radical (unpaired) electrons. The summed E-state index contributed by atoms with van der Waals surface area (Å²) in [7, 11) is 0. The van der Waals surface area contributed by atoms with Gasteiger partial charge in [0.1, 0.15) is 5.82 Å². The predicted octanol–water partition coefficient (Wildman–Crippen LogP) is 4.71. The molecule has 1 saturated heterocycles. The summed E-state index contributed by atoms with van der Waals surface area (Å²) in [5, 5.41) is 0. The average Bonchev–Trinajstić information content (AvgIpc) is 3.23. The molecule has 1 atom stereocenters. The normalized spacial score (nSPS) is 20.8. The van der Waals surface area contributed by atoms with Gasteiger partial charge in [-0.2, -0.15) is 0 Å². The smallest absolute Gasteiger partial charge is 0.225 e. The van der Waals surface area contributed by atoms with Crippen molar-refractivity contribution in [2.24, 2.45) is 5.92 Å². The first-order chi connectivity index (χ1) is 13.2. The van der Waals surface area contributed by atoms with E-state index in [1.54, 1.807) is 12.1 Å².